The van der Waals surface area contributed by atoms with Gasteiger partial charge in [0.2, 0.25) is 0 Å². The maximum Gasteiger partial charge on any atom is 0.323 e. The van der Waals surface area contributed by atoms with E-state index in [1.807, 2.05) is 51.8 Å². The summed E-state index contributed by atoms with van der Waals surface area (Å²) in [7, 11) is 3.25. The van der Waals surface area contributed by atoms with Crippen LogP contribution in [0.4, 0.5) is 0 Å². The van der Waals surface area contributed by atoms with Crippen molar-refractivity contribution in [3.8, 4) is 5.75 Å². The van der Waals surface area contributed by atoms with Crippen LogP contribution in [0.3, 0.4) is 0 Å². The SMILES string of the molecule is CC(C)(C)OC=O.COC(=O)C1CC2(CC(O)c3c(c(C)nc4ccc(Cl)cc34)O2)CN1C. The van der Waals surface area contributed by atoms with Crippen LogP contribution in [0.1, 0.15) is 51.0 Å². The van der Waals surface area contributed by atoms with Gasteiger partial charge in [0.1, 0.15) is 23.0 Å². The normalized spacial score (nSPS) is 24.5. The van der Waals surface area contributed by atoms with Gasteiger partial charge in [-0.15, -0.1) is 0 Å². The van der Waals surface area contributed by atoms with Gasteiger partial charge >= 0.3 is 5.97 Å². The lowest BCUT2D eigenvalue weighted by atomic mass is 9.85. The van der Waals surface area contributed by atoms with Gasteiger partial charge in [-0.1, -0.05) is 11.6 Å². The standard InChI is InChI=1S/C19H21ClN2O4.C5H10O2/c1-10-17-16(12-6-11(20)4-5-13(12)21-10)15(23)8-19(26-17)7-14(18(24)25-3)22(2)9-19;1-5(2,3)7-4-6/h4-6,14-15,23H,7-9H2,1-3H3;4H,1-3H3. The first-order valence-electron chi connectivity index (χ1n) is 10.8. The Morgan fingerprint density at radius 1 is 1.36 bits per heavy atom. The second-order valence-electron chi connectivity index (χ2n) is 9.59. The summed E-state index contributed by atoms with van der Waals surface area (Å²) in [6.07, 6.45) is 0.161. The molecule has 8 nitrogen and oxygen atoms in total. The number of aliphatic hydroxyl groups excluding tert-OH is 1. The van der Waals surface area contributed by atoms with E-state index in [-0.39, 0.29) is 17.6 Å². The Bertz CT molecular complexity index is 1050. The van der Waals surface area contributed by atoms with Crippen LogP contribution in [0.25, 0.3) is 10.9 Å². The molecule has 1 saturated heterocycles. The number of hydrogen-bond acceptors (Lipinski definition) is 8. The van der Waals surface area contributed by atoms with Crippen LogP contribution in [-0.2, 0) is 19.1 Å². The first kappa shape index (κ1) is 25.2. The van der Waals surface area contributed by atoms with E-state index < -0.39 is 11.7 Å². The topological polar surface area (TPSA) is 98.2 Å². The molecule has 9 heteroatoms. The minimum Gasteiger partial charge on any atom is -0.483 e. The van der Waals surface area contributed by atoms with Crippen molar-refractivity contribution in [1.82, 2.24) is 9.88 Å². The molecule has 0 radical (unpaired) electrons. The lowest BCUT2D eigenvalue weighted by Gasteiger charge is -2.39. The predicted octanol–water partition coefficient (Wildman–Crippen LogP) is 3.59. The third-order valence-electron chi connectivity index (χ3n) is 5.84. The zero-order chi connectivity index (χ0) is 24.6. The first-order chi connectivity index (χ1) is 15.4. The van der Waals surface area contributed by atoms with Gasteiger partial charge in [0.05, 0.1) is 24.4 Å². The van der Waals surface area contributed by atoms with Gasteiger partial charge < -0.3 is 19.3 Å². The number of methoxy groups -OCH3 is 1. The third kappa shape index (κ3) is 5.39. The number of aromatic nitrogens is 1. The van der Waals surface area contributed by atoms with Crippen LogP contribution in [-0.4, -0.2) is 65.4 Å². The number of likely N-dealkylation sites (tertiary alicyclic amines) is 1. The number of rotatable bonds is 2. The molecule has 1 N–H and O–H groups in total. The largest absolute Gasteiger partial charge is 0.483 e. The summed E-state index contributed by atoms with van der Waals surface area (Å²) < 4.78 is 15.9. The smallest absolute Gasteiger partial charge is 0.323 e. The number of hydrogen-bond donors (Lipinski definition) is 1. The number of fused-ring (bicyclic) bond motifs is 3. The maximum atomic E-state index is 12.0. The summed E-state index contributed by atoms with van der Waals surface area (Å²) in [5.41, 5.74) is 1.27. The summed E-state index contributed by atoms with van der Waals surface area (Å²) in [6.45, 7) is 8.33. The van der Waals surface area contributed by atoms with E-state index >= 15 is 0 Å². The summed E-state index contributed by atoms with van der Waals surface area (Å²) in [4.78, 5) is 28.2. The highest BCUT2D eigenvalue weighted by Crippen LogP contribution is 2.48. The quantitative estimate of drug-likeness (QED) is 0.516. The Balaban J connectivity index is 0.000000383. The van der Waals surface area contributed by atoms with Gasteiger partial charge in [-0.2, -0.15) is 0 Å². The number of likely N-dealkylation sites (N-methyl/N-ethyl adjacent to an activating group) is 1. The van der Waals surface area contributed by atoms with Crippen LogP contribution < -0.4 is 4.74 Å². The monoisotopic (exact) mass is 478 g/mol. The molecule has 1 spiro atoms. The number of carbonyl (C=O) groups excluding carboxylic acids is 2. The Hall–Kier alpha value is -2.42. The van der Waals surface area contributed by atoms with Gasteiger partial charge in [-0.05, 0) is 52.9 Å². The highest BCUT2D eigenvalue weighted by atomic mass is 35.5. The van der Waals surface area contributed by atoms with Crippen molar-refractivity contribution in [1.29, 1.82) is 0 Å². The molecule has 1 aromatic carbocycles. The van der Waals surface area contributed by atoms with Crippen LogP contribution >= 0.6 is 11.6 Å². The van der Waals surface area contributed by atoms with Crippen LogP contribution in [0.15, 0.2) is 18.2 Å². The van der Waals surface area contributed by atoms with Crippen molar-refractivity contribution < 1.29 is 28.9 Å². The molecule has 2 aliphatic rings. The molecule has 0 aliphatic carbocycles. The Kier molecular flexibility index (Phi) is 7.21. The summed E-state index contributed by atoms with van der Waals surface area (Å²) in [5.74, 6) is 0.311. The van der Waals surface area contributed by atoms with Crippen molar-refractivity contribution >= 4 is 34.9 Å². The molecule has 1 fully saturated rings. The molecule has 3 heterocycles. The minimum atomic E-state index is -0.716. The molecule has 180 valence electrons. The van der Waals surface area contributed by atoms with Crippen LogP contribution in [0, 0.1) is 6.92 Å². The summed E-state index contributed by atoms with van der Waals surface area (Å²) in [6, 6.07) is 5.06. The lowest BCUT2D eigenvalue weighted by Crippen LogP contribution is -2.43. The van der Waals surface area contributed by atoms with Gasteiger partial charge in [0.25, 0.3) is 6.47 Å². The van der Waals surface area contributed by atoms with E-state index in [2.05, 4.69) is 9.72 Å². The zero-order valence-electron chi connectivity index (χ0n) is 19.8. The molecule has 3 unspecified atom stereocenters. The molecule has 0 bridgehead atoms. The number of carbonyl (C=O) groups is 2. The molecule has 3 atom stereocenters. The van der Waals surface area contributed by atoms with Gasteiger partial charge in [-0.3, -0.25) is 14.5 Å². The Labute approximate surface area is 198 Å². The second-order valence-corrected chi connectivity index (χ2v) is 10.0. The molecule has 0 saturated carbocycles. The van der Waals surface area contributed by atoms with E-state index in [1.165, 1.54) is 7.11 Å². The van der Waals surface area contributed by atoms with E-state index in [9.17, 15) is 14.7 Å². The molecule has 2 aromatic rings. The Morgan fingerprint density at radius 3 is 2.64 bits per heavy atom. The van der Waals surface area contributed by atoms with Crippen molar-refractivity contribution in [3.05, 3.63) is 34.5 Å². The number of aliphatic hydroxyl groups is 1. The van der Waals surface area contributed by atoms with Crippen molar-refractivity contribution in [2.45, 2.75) is 63.9 Å². The van der Waals surface area contributed by atoms with Gasteiger partial charge in [0.15, 0.2) is 0 Å². The number of esters is 1. The average Bonchev–Trinajstić information content (AvgIpc) is 3.02. The first-order valence-corrected chi connectivity index (χ1v) is 11.1. The Morgan fingerprint density at radius 2 is 2.06 bits per heavy atom. The highest BCUT2D eigenvalue weighted by molar-refractivity contribution is 6.31. The van der Waals surface area contributed by atoms with Crippen LogP contribution in [0.5, 0.6) is 5.75 Å². The number of pyridine rings is 1. The number of nitrogens with zero attached hydrogens (tertiary/aromatic N) is 2. The number of ether oxygens (including phenoxy) is 3. The molecular formula is C24H31ClN2O6. The number of aryl methyl sites for hydroxylation is 1. The summed E-state index contributed by atoms with van der Waals surface area (Å²) >= 11 is 6.15. The molecular weight excluding hydrogens is 448 g/mol. The van der Waals surface area contributed by atoms with Crippen LogP contribution in [0.2, 0.25) is 5.02 Å². The molecule has 2 aliphatic heterocycles. The second kappa shape index (κ2) is 9.44. The van der Waals surface area contributed by atoms with E-state index in [0.29, 0.717) is 36.6 Å². The van der Waals surface area contributed by atoms with E-state index in [4.69, 9.17) is 21.1 Å². The molecule has 4 rings (SSSR count). The van der Waals surface area contributed by atoms with Crippen molar-refractivity contribution in [3.63, 3.8) is 0 Å². The molecule has 33 heavy (non-hydrogen) atoms. The fourth-order valence-corrected chi connectivity index (χ4v) is 4.62. The average molecular weight is 479 g/mol. The highest BCUT2D eigenvalue weighted by Gasteiger charge is 2.52. The maximum absolute atomic E-state index is 12.0. The summed E-state index contributed by atoms with van der Waals surface area (Å²) in [5, 5.41) is 12.4. The van der Waals surface area contributed by atoms with Gasteiger partial charge in [-0.25, -0.2) is 4.98 Å². The van der Waals surface area contributed by atoms with E-state index in [1.54, 1.807) is 6.07 Å². The predicted molar refractivity (Wildman–Crippen MR) is 124 cm³/mol. The molecule has 1 aromatic heterocycles. The van der Waals surface area contributed by atoms with E-state index in [0.717, 1.165) is 22.2 Å². The fourth-order valence-electron chi connectivity index (χ4n) is 4.45. The van der Waals surface area contributed by atoms with Gasteiger partial charge in [0, 0.05) is 35.4 Å². The number of halogens is 1. The zero-order valence-corrected chi connectivity index (χ0v) is 20.6. The minimum absolute atomic E-state index is 0.284. The fraction of sp³-hybridized carbons (Fsp3) is 0.542. The number of benzene rings is 1. The van der Waals surface area contributed by atoms with Crippen molar-refractivity contribution in [2.24, 2.45) is 0 Å². The van der Waals surface area contributed by atoms with Crippen molar-refractivity contribution in [2.75, 3.05) is 20.7 Å². The third-order valence-corrected chi connectivity index (χ3v) is 6.07. The lowest BCUT2D eigenvalue weighted by molar-refractivity contribution is -0.145. The molecule has 0 amide bonds.